The highest BCUT2D eigenvalue weighted by atomic mass is 16.5. The number of carbonyl (C=O) groups is 1. The fourth-order valence-corrected chi connectivity index (χ4v) is 2.42. The molecule has 5 nitrogen and oxygen atoms in total. The van der Waals surface area contributed by atoms with Crippen LogP contribution in [0, 0.1) is 0 Å². The van der Waals surface area contributed by atoms with Crippen molar-refractivity contribution in [1.29, 1.82) is 0 Å². The zero-order valence-electron chi connectivity index (χ0n) is 13.2. The van der Waals surface area contributed by atoms with E-state index in [1.807, 2.05) is 12.1 Å². The molecule has 0 fully saturated rings. The van der Waals surface area contributed by atoms with Gasteiger partial charge >= 0.3 is 5.97 Å². The summed E-state index contributed by atoms with van der Waals surface area (Å²) in [5, 5.41) is 0.718. The van der Waals surface area contributed by atoms with Crippen LogP contribution in [0.4, 0.5) is 5.82 Å². The fraction of sp³-hybridized carbons (Fsp3) is 0.438. The fourth-order valence-electron chi connectivity index (χ4n) is 2.42. The topological polar surface area (TPSA) is 77.3 Å². The lowest BCUT2D eigenvalue weighted by Crippen LogP contribution is -2.13. The van der Waals surface area contributed by atoms with Crippen LogP contribution >= 0.6 is 0 Å². The molecule has 1 aromatic heterocycles. The molecule has 0 spiro atoms. The van der Waals surface area contributed by atoms with Crippen molar-refractivity contribution < 1.29 is 14.3 Å². The Morgan fingerprint density at radius 1 is 1.33 bits per heavy atom. The van der Waals surface area contributed by atoms with Crippen molar-refractivity contribution in [2.45, 2.75) is 33.1 Å². The molecule has 0 aliphatic rings. The Labute approximate surface area is 124 Å². The maximum atomic E-state index is 12.1. The highest BCUT2D eigenvalue weighted by Crippen LogP contribution is 2.37. The van der Waals surface area contributed by atoms with Crippen LogP contribution < -0.4 is 10.5 Å². The van der Waals surface area contributed by atoms with Crippen LogP contribution in [0.2, 0.25) is 0 Å². The van der Waals surface area contributed by atoms with E-state index < -0.39 is 5.97 Å². The van der Waals surface area contributed by atoms with Gasteiger partial charge in [-0.15, -0.1) is 0 Å². The average molecular weight is 290 g/mol. The molecule has 0 saturated heterocycles. The lowest BCUT2D eigenvalue weighted by atomic mass is 9.85. The number of nitrogen functional groups attached to an aromatic ring is 1. The van der Waals surface area contributed by atoms with Crippen LogP contribution in [0.5, 0.6) is 5.75 Å². The minimum absolute atomic E-state index is 0.0799. The number of ether oxygens (including phenoxy) is 2. The Hall–Kier alpha value is -2.17. The molecule has 0 unspecified atom stereocenters. The summed E-state index contributed by atoms with van der Waals surface area (Å²) in [5.41, 5.74) is 8.08. The summed E-state index contributed by atoms with van der Waals surface area (Å²) >= 11 is 0. The number of methoxy groups -OCH3 is 1. The number of rotatable bonds is 3. The predicted octanol–water partition coefficient (Wildman–Crippen LogP) is 3.23. The van der Waals surface area contributed by atoms with Crippen molar-refractivity contribution in [1.82, 2.24) is 4.98 Å². The predicted molar refractivity (Wildman–Crippen MR) is 83.9 cm³/mol. The second kappa shape index (κ2) is 5.31. The number of carbonyl (C=O) groups excluding carboxylic acids is 1. The van der Waals surface area contributed by atoms with E-state index in [1.54, 1.807) is 14.0 Å². The van der Waals surface area contributed by atoms with Crippen LogP contribution in [-0.2, 0) is 10.2 Å². The first-order valence-electron chi connectivity index (χ1n) is 6.96. The Morgan fingerprint density at radius 3 is 2.52 bits per heavy atom. The third-order valence-corrected chi connectivity index (χ3v) is 3.44. The number of esters is 1. The second-order valence-electron chi connectivity index (χ2n) is 5.98. The molecule has 0 radical (unpaired) electrons. The molecule has 0 bridgehead atoms. The average Bonchev–Trinajstić information content (AvgIpc) is 2.71. The molecule has 0 saturated carbocycles. The maximum absolute atomic E-state index is 12.1. The van der Waals surface area contributed by atoms with Gasteiger partial charge in [0.2, 0.25) is 0 Å². The Bertz CT molecular complexity index is 681. The van der Waals surface area contributed by atoms with Crippen molar-refractivity contribution in [2.75, 3.05) is 19.5 Å². The van der Waals surface area contributed by atoms with Crippen LogP contribution in [-0.4, -0.2) is 24.7 Å². The number of aromatic nitrogens is 1. The number of nitrogens with two attached hydrogens (primary N) is 1. The number of anilines is 1. The van der Waals surface area contributed by atoms with Gasteiger partial charge in [-0.3, -0.25) is 0 Å². The quantitative estimate of drug-likeness (QED) is 0.851. The molecule has 114 valence electrons. The highest BCUT2D eigenvalue weighted by molar-refractivity contribution is 6.09. The van der Waals surface area contributed by atoms with Gasteiger partial charge in [0.25, 0.3) is 0 Å². The Balaban J connectivity index is 2.71. The molecule has 1 aromatic carbocycles. The molecule has 3 N–H and O–H groups in total. The number of hydrogen-bond acceptors (Lipinski definition) is 4. The lowest BCUT2D eigenvalue weighted by Gasteiger charge is -2.22. The van der Waals surface area contributed by atoms with E-state index in [4.69, 9.17) is 15.2 Å². The van der Waals surface area contributed by atoms with Gasteiger partial charge in [-0.2, -0.15) is 0 Å². The second-order valence-corrected chi connectivity index (χ2v) is 5.98. The van der Waals surface area contributed by atoms with Gasteiger partial charge in [-0.1, -0.05) is 20.8 Å². The van der Waals surface area contributed by atoms with Crippen molar-refractivity contribution in [2.24, 2.45) is 0 Å². The van der Waals surface area contributed by atoms with Crippen molar-refractivity contribution in [3.63, 3.8) is 0 Å². The number of fused-ring (bicyclic) bond motifs is 1. The van der Waals surface area contributed by atoms with Crippen LogP contribution in [0.3, 0.4) is 0 Å². The molecule has 2 aromatic rings. The first-order chi connectivity index (χ1) is 9.79. The summed E-state index contributed by atoms with van der Waals surface area (Å²) in [6.07, 6.45) is 0. The Morgan fingerprint density at radius 2 is 2.00 bits per heavy atom. The standard InChI is InChI=1S/C16H22N2O3/c1-6-21-15(19)13-9-7-12(20-5)10(16(2,3)4)8-11(9)18-14(13)17/h7-8,18H,6,17H2,1-5H3. The van der Waals surface area contributed by atoms with E-state index in [9.17, 15) is 4.79 Å². The normalized spacial score (nSPS) is 11.7. The summed E-state index contributed by atoms with van der Waals surface area (Å²) in [6, 6.07) is 3.82. The molecular formula is C16H22N2O3. The maximum Gasteiger partial charge on any atom is 0.342 e. The summed E-state index contributed by atoms with van der Waals surface area (Å²) in [7, 11) is 1.62. The largest absolute Gasteiger partial charge is 0.496 e. The molecule has 0 atom stereocenters. The molecule has 21 heavy (non-hydrogen) atoms. The summed E-state index contributed by atoms with van der Waals surface area (Å²) < 4.78 is 10.5. The minimum atomic E-state index is -0.424. The lowest BCUT2D eigenvalue weighted by molar-refractivity contribution is 0.0530. The van der Waals surface area contributed by atoms with Gasteiger partial charge in [-0.05, 0) is 24.5 Å². The van der Waals surface area contributed by atoms with Gasteiger partial charge in [0, 0.05) is 16.5 Å². The monoisotopic (exact) mass is 290 g/mol. The SMILES string of the molecule is CCOC(=O)c1c(N)[nH]c2cc(C(C)(C)C)c(OC)cc12. The van der Waals surface area contributed by atoms with Crippen LogP contribution in [0.25, 0.3) is 10.9 Å². The van der Waals surface area contributed by atoms with Gasteiger partial charge in [0.15, 0.2) is 0 Å². The van der Waals surface area contributed by atoms with Gasteiger partial charge in [0.1, 0.15) is 17.1 Å². The van der Waals surface area contributed by atoms with Crippen molar-refractivity contribution >= 4 is 22.7 Å². The summed E-state index contributed by atoms with van der Waals surface area (Å²) in [6.45, 7) is 8.39. The first-order valence-corrected chi connectivity index (χ1v) is 6.96. The minimum Gasteiger partial charge on any atom is -0.496 e. The van der Waals surface area contributed by atoms with Crippen molar-refractivity contribution in [3.05, 3.63) is 23.3 Å². The van der Waals surface area contributed by atoms with E-state index in [0.717, 1.165) is 22.2 Å². The zero-order chi connectivity index (χ0) is 15.8. The zero-order valence-corrected chi connectivity index (χ0v) is 13.2. The number of hydrogen-bond donors (Lipinski definition) is 2. The number of H-pyrrole nitrogens is 1. The molecule has 0 aliphatic carbocycles. The third-order valence-electron chi connectivity index (χ3n) is 3.44. The summed E-state index contributed by atoms with van der Waals surface area (Å²) in [5.74, 6) is 0.628. The molecule has 0 aliphatic heterocycles. The molecule has 0 amide bonds. The van der Waals surface area contributed by atoms with Crippen molar-refractivity contribution in [3.8, 4) is 5.75 Å². The van der Waals surface area contributed by atoms with E-state index in [-0.39, 0.29) is 5.41 Å². The van der Waals surface area contributed by atoms with Crippen LogP contribution in [0.15, 0.2) is 12.1 Å². The van der Waals surface area contributed by atoms with E-state index >= 15 is 0 Å². The molecule has 2 rings (SSSR count). The molecular weight excluding hydrogens is 268 g/mol. The Kier molecular flexibility index (Phi) is 3.85. The van der Waals surface area contributed by atoms with E-state index in [1.165, 1.54) is 0 Å². The summed E-state index contributed by atoms with van der Waals surface area (Å²) in [4.78, 5) is 15.1. The van der Waals surface area contributed by atoms with Gasteiger partial charge in [0.05, 0.1) is 13.7 Å². The highest BCUT2D eigenvalue weighted by Gasteiger charge is 2.24. The van der Waals surface area contributed by atoms with Gasteiger partial charge in [-0.25, -0.2) is 4.79 Å². The molecule has 1 heterocycles. The van der Waals surface area contributed by atoms with Gasteiger partial charge < -0.3 is 20.2 Å². The van der Waals surface area contributed by atoms with E-state index in [0.29, 0.717) is 18.0 Å². The third kappa shape index (κ3) is 2.68. The van der Waals surface area contributed by atoms with Crippen LogP contribution in [0.1, 0.15) is 43.6 Å². The number of aromatic amines is 1. The first kappa shape index (κ1) is 15.2. The number of benzene rings is 1. The molecule has 5 heteroatoms. The smallest absolute Gasteiger partial charge is 0.342 e. The van der Waals surface area contributed by atoms with E-state index in [2.05, 4.69) is 25.8 Å². The number of nitrogens with one attached hydrogen (secondary N) is 1.